The molecule has 9 heteroatoms. The van der Waals surface area contributed by atoms with E-state index >= 15 is 0 Å². The van der Waals surface area contributed by atoms with Crippen LogP contribution in [0.15, 0.2) is 4.99 Å². The molecule has 0 radical (unpaired) electrons. The molecule has 3 aliphatic rings. The van der Waals surface area contributed by atoms with Gasteiger partial charge in [0.05, 0.1) is 19.8 Å². The summed E-state index contributed by atoms with van der Waals surface area (Å²) in [5, 5.41) is 9.12. The van der Waals surface area contributed by atoms with Crippen LogP contribution in [0.2, 0.25) is 0 Å². The molecule has 3 rings (SSSR count). The van der Waals surface area contributed by atoms with Gasteiger partial charge in [0.2, 0.25) is 5.91 Å². The number of nitrogens with one attached hydrogen (secondary N) is 3. The highest BCUT2D eigenvalue weighted by Crippen LogP contribution is 2.37. The number of hydrogen-bond donors (Lipinski definition) is 3. The lowest BCUT2D eigenvalue weighted by Gasteiger charge is -2.41. The third-order valence-corrected chi connectivity index (χ3v) is 6.06. The maximum Gasteiger partial charge on any atom is 0.324 e. The Labute approximate surface area is 173 Å². The molecule has 0 atom stereocenters. The van der Waals surface area contributed by atoms with Gasteiger partial charge in [0.1, 0.15) is 0 Å². The van der Waals surface area contributed by atoms with E-state index in [1.165, 1.54) is 37.0 Å². The van der Waals surface area contributed by atoms with E-state index in [-0.39, 0.29) is 23.9 Å². The van der Waals surface area contributed by atoms with Gasteiger partial charge < -0.3 is 20.7 Å². The third-order valence-electron chi connectivity index (χ3n) is 6.06. The van der Waals surface area contributed by atoms with Gasteiger partial charge in [-0.2, -0.15) is 0 Å². The SMILES string of the molecule is CCNC(=NCC1(CN2CCOCC2)CCCCC1)NCCN1C(=O)CNC1=O. The molecule has 2 saturated heterocycles. The van der Waals surface area contributed by atoms with E-state index in [4.69, 9.17) is 9.73 Å². The average molecular weight is 409 g/mol. The Hall–Kier alpha value is -1.87. The van der Waals surface area contributed by atoms with E-state index in [1.807, 2.05) is 6.92 Å². The van der Waals surface area contributed by atoms with Gasteiger partial charge in [-0.1, -0.05) is 19.3 Å². The topological polar surface area (TPSA) is 98.3 Å². The lowest BCUT2D eigenvalue weighted by Crippen LogP contribution is -2.47. The lowest BCUT2D eigenvalue weighted by atomic mass is 9.73. The zero-order valence-electron chi connectivity index (χ0n) is 17.7. The summed E-state index contributed by atoms with van der Waals surface area (Å²) < 4.78 is 5.51. The molecule has 2 aliphatic heterocycles. The fraction of sp³-hybridized carbons (Fsp3) is 0.850. The van der Waals surface area contributed by atoms with Crippen molar-refractivity contribution in [2.75, 3.05) is 65.6 Å². The summed E-state index contributed by atoms with van der Waals surface area (Å²) >= 11 is 0. The van der Waals surface area contributed by atoms with Gasteiger partial charge >= 0.3 is 6.03 Å². The number of rotatable bonds is 8. The Morgan fingerprint density at radius 3 is 2.59 bits per heavy atom. The van der Waals surface area contributed by atoms with Crippen LogP contribution >= 0.6 is 0 Å². The van der Waals surface area contributed by atoms with E-state index in [2.05, 4.69) is 20.9 Å². The summed E-state index contributed by atoms with van der Waals surface area (Å²) in [6, 6.07) is -0.314. The van der Waals surface area contributed by atoms with Gasteiger partial charge in [-0.15, -0.1) is 0 Å². The molecule has 3 amide bonds. The zero-order valence-corrected chi connectivity index (χ0v) is 17.7. The molecule has 3 fully saturated rings. The van der Waals surface area contributed by atoms with Crippen LogP contribution in [0.4, 0.5) is 4.79 Å². The van der Waals surface area contributed by atoms with Crippen LogP contribution in [0, 0.1) is 5.41 Å². The smallest absolute Gasteiger partial charge is 0.324 e. The molecule has 9 nitrogen and oxygen atoms in total. The minimum Gasteiger partial charge on any atom is -0.379 e. The van der Waals surface area contributed by atoms with E-state index in [1.54, 1.807) is 0 Å². The second-order valence-corrected chi connectivity index (χ2v) is 8.28. The number of ether oxygens (including phenoxy) is 1. The number of carbonyl (C=O) groups excluding carboxylic acids is 2. The Morgan fingerprint density at radius 2 is 1.93 bits per heavy atom. The summed E-state index contributed by atoms with van der Waals surface area (Å²) in [6.45, 7) is 9.28. The number of carbonyl (C=O) groups is 2. The van der Waals surface area contributed by atoms with Crippen LogP contribution < -0.4 is 16.0 Å². The largest absolute Gasteiger partial charge is 0.379 e. The molecule has 2 heterocycles. The predicted molar refractivity (Wildman–Crippen MR) is 112 cm³/mol. The number of amides is 3. The van der Waals surface area contributed by atoms with Crippen LogP contribution in [0.3, 0.4) is 0 Å². The van der Waals surface area contributed by atoms with E-state index in [0.29, 0.717) is 13.1 Å². The van der Waals surface area contributed by atoms with Crippen molar-refractivity contribution in [3.8, 4) is 0 Å². The summed E-state index contributed by atoms with van der Waals surface area (Å²) in [5.74, 6) is 0.580. The first-order valence-corrected chi connectivity index (χ1v) is 11.0. The molecular formula is C20H36N6O3. The summed E-state index contributed by atoms with van der Waals surface area (Å²) in [7, 11) is 0. The first-order valence-electron chi connectivity index (χ1n) is 11.0. The Balaban J connectivity index is 1.56. The highest BCUT2D eigenvalue weighted by Gasteiger charge is 2.34. The van der Waals surface area contributed by atoms with Gasteiger partial charge in [-0.25, -0.2) is 4.79 Å². The first-order chi connectivity index (χ1) is 14.1. The second-order valence-electron chi connectivity index (χ2n) is 8.28. The molecule has 3 N–H and O–H groups in total. The Kier molecular flexibility index (Phi) is 8.11. The van der Waals surface area contributed by atoms with Crippen molar-refractivity contribution in [2.45, 2.75) is 39.0 Å². The average Bonchev–Trinajstić information content (AvgIpc) is 3.05. The highest BCUT2D eigenvalue weighted by atomic mass is 16.5. The van der Waals surface area contributed by atoms with Crippen LogP contribution in [0.25, 0.3) is 0 Å². The summed E-state index contributed by atoms with van der Waals surface area (Å²) in [6.07, 6.45) is 6.30. The van der Waals surface area contributed by atoms with Gasteiger partial charge in [-0.05, 0) is 19.8 Å². The molecule has 1 aliphatic carbocycles. The van der Waals surface area contributed by atoms with Crippen LogP contribution in [-0.2, 0) is 9.53 Å². The van der Waals surface area contributed by atoms with Crippen molar-refractivity contribution < 1.29 is 14.3 Å². The van der Waals surface area contributed by atoms with Crippen molar-refractivity contribution in [3.05, 3.63) is 0 Å². The first kappa shape index (κ1) is 21.8. The summed E-state index contributed by atoms with van der Waals surface area (Å²) in [5.41, 5.74) is 0.225. The number of imide groups is 1. The van der Waals surface area contributed by atoms with Gasteiger partial charge in [0.15, 0.2) is 5.96 Å². The molecule has 0 aromatic rings. The number of nitrogens with zero attached hydrogens (tertiary/aromatic N) is 3. The van der Waals surface area contributed by atoms with Gasteiger partial charge in [0, 0.05) is 51.2 Å². The second kappa shape index (κ2) is 10.8. The molecule has 0 aromatic carbocycles. The van der Waals surface area contributed by atoms with Crippen LogP contribution in [-0.4, -0.2) is 93.3 Å². The molecule has 0 aromatic heterocycles. The third kappa shape index (κ3) is 6.30. The number of morpholine rings is 1. The number of urea groups is 1. The van der Waals surface area contributed by atoms with Crippen molar-refractivity contribution in [1.82, 2.24) is 25.8 Å². The molecule has 0 spiro atoms. The normalized spacial score (nSPS) is 23.2. The maximum absolute atomic E-state index is 11.7. The standard InChI is InChI=1S/C20H36N6O3/c1-2-21-18(22-8-9-26-17(27)14-23-19(26)28)24-15-20(6-4-3-5-7-20)16-25-10-12-29-13-11-25/h2-16H2,1H3,(H,23,28)(H2,21,22,24). The minimum atomic E-state index is -0.314. The van der Waals surface area contributed by atoms with Gasteiger partial charge in [0.25, 0.3) is 0 Å². The molecular weight excluding hydrogens is 372 g/mol. The fourth-order valence-corrected chi connectivity index (χ4v) is 4.46. The van der Waals surface area contributed by atoms with Crippen molar-refractivity contribution >= 4 is 17.9 Å². The van der Waals surface area contributed by atoms with Crippen LogP contribution in [0.1, 0.15) is 39.0 Å². The van der Waals surface area contributed by atoms with E-state index in [9.17, 15) is 9.59 Å². The maximum atomic E-state index is 11.7. The Morgan fingerprint density at radius 1 is 1.17 bits per heavy atom. The van der Waals surface area contributed by atoms with E-state index < -0.39 is 0 Å². The number of guanidine groups is 1. The predicted octanol–water partition coefficient (Wildman–Crippen LogP) is 0.376. The molecule has 0 unspecified atom stereocenters. The number of aliphatic imine (C=N–C) groups is 1. The number of hydrogen-bond acceptors (Lipinski definition) is 5. The molecule has 29 heavy (non-hydrogen) atoms. The highest BCUT2D eigenvalue weighted by molar-refractivity contribution is 6.01. The van der Waals surface area contributed by atoms with Crippen molar-refractivity contribution in [1.29, 1.82) is 0 Å². The summed E-state index contributed by atoms with van der Waals surface area (Å²) in [4.78, 5) is 32.0. The van der Waals surface area contributed by atoms with Crippen molar-refractivity contribution in [3.63, 3.8) is 0 Å². The van der Waals surface area contributed by atoms with E-state index in [0.717, 1.165) is 51.9 Å². The zero-order chi connectivity index (χ0) is 20.5. The monoisotopic (exact) mass is 408 g/mol. The van der Waals surface area contributed by atoms with Crippen molar-refractivity contribution in [2.24, 2.45) is 10.4 Å². The fourth-order valence-electron chi connectivity index (χ4n) is 4.46. The Bertz CT molecular complexity index is 569. The minimum absolute atomic E-state index is 0.0943. The quantitative estimate of drug-likeness (QED) is 0.305. The van der Waals surface area contributed by atoms with Gasteiger partial charge in [-0.3, -0.25) is 19.6 Å². The van der Waals surface area contributed by atoms with Crippen LogP contribution in [0.5, 0.6) is 0 Å². The lowest BCUT2D eigenvalue weighted by molar-refractivity contribution is -0.124. The molecule has 1 saturated carbocycles. The molecule has 164 valence electrons. The molecule has 0 bridgehead atoms.